The predicted octanol–water partition coefficient (Wildman–Crippen LogP) is 4.01. The van der Waals surface area contributed by atoms with Gasteiger partial charge >= 0.3 is 0 Å². The SMILES string of the molecule is O=C(NCCc1cccc(Cl)c1)c1cc(Cl)ncc1Cl. The minimum absolute atomic E-state index is 0.231. The lowest BCUT2D eigenvalue weighted by molar-refractivity contribution is 0.0954. The number of hydrogen-bond acceptors (Lipinski definition) is 2. The van der Waals surface area contributed by atoms with Crippen LogP contribution >= 0.6 is 34.8 Å². The van der Waals surface area contributed by atoms with Crippen molar-refractivity contribution < 1.29 is 4.79 Å². The molecule has 0 aliphatic rings. The number of hydrogen-bond donors (Lipinski definition) is 1. The molecule has 6 heteroatoms. The second-order valence-electron chi connectivity index (χ2n) is 4.12. The van der Waals surface area contributed by atoms with Gasteiger partial charge in [0.2, 0.25) is 0 Å². The first-order valence-electron chi connectivity index (χ1n) is 5.90. The van der Waals surface area contributed by atoms with Crippen LogP contribution in [0.25, 0.3) is 0 Å². The Morgan fingerprint density at radius 2 is 2.00 bits per heavy atom. The smallest absolute Gasteiger partial charge is 0.252 e. The molecule has 0 saturated heterocycles. The lowest BCUT2D eigenvalue weighted by Gasteiger charge is -2.07. The van der Waals surface area contributed by atoms with Crippen molar-refractivity contribution in [3.05, 3.63) is 62.9 Å². The molecule has 20 heavy (non-hydrogen) atoms. The average molecular weight is 330 g/mol. The molecule has 1 aromatic heterocycles. The van der Waals surface area contributed by atoms with Gasteiger partial charge in [-0.25, -0.2) is 4.98 Å². The Kier molecular flexibility index (Phi) is 5.24. The third-order valence-electron chi connectivity index (χ3n) is 2.65. The number of amides is 1. The summed E-state index contributed by atoms with van der Waals surface area (Å²) in [6.45, 7) is 0.482. The molecule has 0 unspecified atom stereocenters. The van der Waals surface area contributed by atoms with Crippen molar-refractivity contribution in [2.75, 3.05) is 6.54 Å². The zero-order chi connectivity index (χ0) is 14.5. The number of carbonyl (C=O) groups excluding carboxylic acids is 1. The normalized spacial score (nSPS) is 10.3. The molecule has 104 valence electrons. The molecule has 0 radical (unpaired) electrons. The highest BCUT2D eigenvalue weighted by atomic mass is 35.5. The topological polar surface area (TPSA) is 42.0 Å². The minimum atomic E-state index is -0.277. The summed E-state index contributed by atoms with van der Waals surface area (Å²) < 4.78 is 0. The van der Waals surface area contributed by atoms with Gasteiger partial charge in [-0.15, -0.1) is 0 Å². The molecule has 0 atom stereocenters. The molecule has 0 spiro atoms. The molecule has 2 aromatic rings. The second kappa shape index (κ2) is 6.93. The molecule has 3 nitrogen and oxygen atoms in total. The van der Waals surface area contributed by atoms with E-state index in [-0.39, 0.29) is 16.1 Å². The highest BCUT2D eigenvalue weighted by Crippen LogP contribution is 2.18. The van der Waals surface area contributed by atoms with E-state index in [0.717, 1.165) is 5.56 Å². The van der Waals surface area contributed by atoms with Crippen LogP contribution in [-0.2, 0) is 6.42 Å². The predicted molar refractivity (Wildman–Crippen MR) is 81.7 cm³/mol. The number of aromatic nitrogens is 1. The van der Waals surface area contributed by atoms with E-state index in [1.807, 2.05) is 24.3 Å². The molecule has 1 N–H and O–H groups in total. The number of pyridine rings is 1. The van der Waals surface area contributed by atoms with Crippen molar-refractivity contribution in [1.82, 2.24) is 10.3 Å². The molecule has 0 bridgehead atoms. The summed E-state index contributed by atoms with van der Waals surface area (Å²) in [7, 11) is 0. The Labute approximate surface area is 131 Å². The minimum Gasteiger partial charge on any atom is -0.352 e. The van der Waals surface area contributed by atoms with Crippen LogP contribution < -0.4 is 5.32 Å². The summed E-state index contributed by atoms with van der Waals surface area (Å²) in [5.41, 5.74) is 1.37. The maximum Gasteiger partial charge on any atom is 0.252 e. The number of nitrogens with zero attached hydrogens (tertiary/aromatic N) is 1. The zero-order valence-corrected chi connectivity index (χ0v) is 12.6. The van der Waals surface area contributed by atoms with E-state index >= 15 is 0 Å². The molecule has 0 fully saturated rings. The van der Waals surface area contributed by atoms with E-state index in [0.29, 0.717) is 23.6 Å². The van der Waals surface area contributed by atoms with Crippen molar-refractivity contribution in [1.29, 1.82) is 0 Å². The van der Waals surface area contributed by atoms with Crippen LogP contribution in [0.2, 0.25) is 15.2 Å². The third-order valence-corrected chi connectivity index (χ3v) is 3.40. The first-order chi connectivity index (χ1) is 9.56. The molecule has 0 saturated carbocycles. The average Bonchev–Trinajstić information content (AvgIpc) is 2.41. The molecule has 1 amide bonds. The first kappa shape index (κ1) is 15.1. The summed E-state index contributed by atoms with van der Waals surface area (Å²) in [4.78, 5) is 15.8. The standard InChI is InChI=1S/C14H11Cl3N2O/c15-10-3-1-2-9(6-10)4-5-18-14(20)11-7-13(17)19-8-12(11)16/h1-3,6-8H,4-5H2,(H,18,20). The van der Waals surface area contributed by atoms with Gasteiger partial charge in [-0.3, -0.25) is 4.79 Å². The van der Waals surface area contributed by atoms with E-state index in [4.69, 9.17) is 34.8 Å². The highest BCUT2D eigenvalue weighted by Gasteiger charge is 2.11. The molecule has 0 aliphatic heterocycles. The van der Waals surface area contributed by atoms with Crippen LogP contribution in [0, 0.1) is 0 Å². The van der Waals surface area contributed by atoms with E-state index in [9.17, 15) is 4.79 Å². The van der Waals surface area contributed by atoms with E-state index < -0.39 is 0 Å². The van der Waals surface area contributed by atoms with Crippen LogP contribution in [0.1, 0.15) is 15.9 Å². The van der Waals surface area contributed by atoms with Gasteiger partial charge in [0.05, 0.1) is 10.6 Å². The van der Waals surface area contributed by atoms with Crippen molar-refractivity contribution in [2.45, 2.75) is 6.42 Å². The summed E-state index contributed by atoms with van der Waals surface area (Å²) in [5, 5.41) is 3.96. The Hall–Kier alpha value is -1.29. The second-order valence-corrected chi connectivity index (χ2v) is 5.35. The summed E-state index contributed by atoms with van der Waals surface area (Å²) in [6.07, 6.45) is 2.04. The van der Waals surface area contributed by atoms with Gasteiger partial charge in [0, 0.05) is 17.8 Å². The van der Waals surface area contributed by atoms with Gasteiger partial charge in [0.25, 0.3) is 5.91 Å². The lowest BCUT2D eigenvalue weighted by Crippen LogP contribution is -2.26. The largest absolute Gasteiger partial charge is 0.352 e. The van der Waals surface area contributed by atoms with Gasteiger partial charge in [-0.2, -0.15) is 0 Å². The Balaban J connectivity index is 1.94. The zero-order valence-electron chi connectivity index (χ0n) is 10.4. The van der Waals surface area contributed by atoms with Crippen LogP contribution in [-0.4, -0.2) is 17.4 Å². The van der Waals surface area contributed by atoms with Crippen LogP contribution in [0.4, 0.5) is 0 Å². The van der Waals surface area contributed by atoms with Gasteiger partial charge < -0.3 is 5.32 Å². The van der Waals surface area contributed by atoms with E-state index in [1.165, 1.54) is 12.3 Å². The fourth-order valence-electron chi connectivity index (χ4n) is 1.70. The number of carbonyl (C=O) groups is 1. The summed E-state index contributed by atoms with van der Waals surface area (Å²) >= 11 is 17.5. The highest BCUT2D eigenvalue weighted by molar-refractivity contribution is 6.35. The maximum absolute atomic E-state index is 12.0. The molecular weight excluding hydrogens is 319 g/mol. The van der Waals surface area contributed by atoms with Gasteiger partial charge in [0.1, 0.15) is 5.15 Å². The molecule has 1 heterocycles. The third kappa shape index (κ3) is 4.10. The Bertz CT molecular complexity index is 632. The number of halogens is 3. The van der Waals surface area contributed by atoms with Crippen molar-refractivity contribution in [3.8, 4) is 0 Å². The summed E-state index contributed by atoms with van der Waals surface area (Å²) in [6, 6.07) is 8.94. The Morgan fingerprint density at radius 3 is 2.75 bits per heavy atom. The first-order valence-corrected chi connectivity index (χ1v) is 7.03. The molecule has 2 rings (SSSR count). The van der Waals surface area contributed by atoms with Crippen molar-refractivity contribution in [2.24, 2.45) is 0 Å². The number of nitrogens with one attached hydrogen (secondary N) is 1. The van der Waals surface area contributed by atoms with Gasteiger partial charge in [-0.1, -0.05) is 46.9 Å². The Morgan fingerprint density at radius 1 is 1.20 bits per heavy atom. The monoisotopic (exact) mass is 328 g/mol. The van der Waals surface area contributed by atoms with Crippen LogP contribution in [0.15, 0.2) is 36.5 Å². The summed E-state index contributed by atoms with van der Waals surface area (Å²) in [5.74, 6) is -0.277. The van der Waals surface area contributed by atoms with Crippen molar-refractivity contribution in [3.63, 3.8) is 0 Å². The van der Waals surface area contributed by atoms with Crippen LogP contribution in [0.5, 0.6) is 0 Å². The molecule has 1 aromatic carbocycles. The van der Waals surface area contributed by atoms with Crippen molar-refractivity contribution >= 4 is 40.7 Å². The maximum atomic E-state index is 12.0. The number of benzene rings is 1. The molecular formula is C14H11Cl3N2O. The van der Waals surface area contributed by atoms with Gasteiger partial charge in [-0.05, 0) is 30.2 Å². The van der Waals surface area contributed by atoms with E-state index in [2.05, 4.69) is 10.3 Å². The van der Waals surface area contributed by atoms with E-state index in [1.54, 1.807) is 0 Å². The fourth-order valence-corrected chi connectivity index (χ4v) is 2.26. The fraction of sp³-hybridized carbons (Fsp3) is 0.143. The van der Waals surface area contributed by atoms with Gasteiger partial charge in [0.15, 0.2) is 0 Å². The lowest BCUT2D eigenvalue weighted by atomic mass is 10.1. The molecule has 0 aliphatic carbocycles. The quantitative estimate of drug-likeness (QED) is 0.861. The number of rotatable bonds is 4. The van der Waals surface area contributed by atoms with Crippen LogP contribution in [0.3, 0.4) is 0 Å².